The molecule has 140 valence electrons. The second kappa shape index (κ2) is 7.24. The zero-order valence-corrected chi connectivity index (χ0v) is 15.8. The molecule has 5 rings (SSSR count). The molecule has 0 unspecified atom stereocenters. The molecule has 3 aromatic carbocycles. The molecule has 0 radical (unpaired) electrons. The first-order valence-corrected chi connectivity index (χ1v) is 9.58. The zero-order chi connectivity index (χ0) is 19.6. The Kier molecular flexibility index (Phi) is 4.30. The van der Waals surface area contributed by atoms with Crippen molar-refractivity contribution in [3.05, 3.63) is 114 Å². The molecule has 0 fully saturated rings. The van der Waals surface area contributed by atoms with Crippen LogP contribution in [0.4, 0.5) is 5.82 Å². The number of imidazole rings is 1. The molecule has 4 heteroatoms. The molecule has 0 saturated carbocycles. The van der Waals surface area contributed by atoms with E-state index in [1.165, 1.54) is 5.56 Å². The molecule has 0 amide bonds. The first kappa shape index (κ1) is 17.2. The molecular weight excluding hydrogens is 358 g/mol. The minimum absolute atomic E-state index is 0.428. The summed E-state index contributed by atoms with van der Waals surface area (Å²) in [5, 5.41) is 3.44. The molecule has 0 spiro atoms. The topological polar surface area (TPSA) is 38.8 Å². The van der Waals surface area contributed by atoms with Crippen LogP contribution in [0.25, 0.3) is 27.9 Å². The van der Waals surface area contributed by atoms with Crippen molar-refractivity contribution in [1.82, 2.24) is 8.97 Å². The quantitative estimate of drug-likeness (QED) is 0.321. The lowest BCUT2D eigenvalue weighted by atomic mass is 9.98. The maximum atomic E-state index is 11.9. The second-order valence-corrected chi connectivity index (χ2v) is 7.00. The maximum absolute atomic E-state index is 11.9. The highest BCUT2D eigenvalue weighted by molar-refractivity contribution is 5.99. The van der Waals surface area contributed by atoms with E-state index >= 15 is 0 Å². The van der Waals surface area contributed by atoms with Gasteiger partial charge < -0.3 is 4.57 Å². The van der Waals surface area contributed by atoms with Crippen LogP contribution >= 0.6 is 0 Å². The van der Waals surface area contributed by atoms with Gasteiger partial charge in [-0.3, -0.25) is 4.40 Å². The van der Waals surface area contributed by atoms with Crippen molar-refractivity contribution in [3.63, 3.8) is 0 Å². The molecule has 0 atom stereocenters. The van der Waals surface area contributed by atoms with Crippen molar-refractivity contribution in [2.45, 2.75) is 6.54 Å². The van der Waals surface area contributed by atoms with Crippen molar-refractivity contribution in [2.75, 3.05) is 0 Å². The average molecular weight is 377 g/mol. The SMILES string of the molecule is O=Nc1c(-c2ccccc2)c(-c2ccccc2)c2n(Cc3ccccc3)ccn12. The van der Waals surface area contributed by atoms with Gasteiger partial charge in [0.05, 0.1) is 0 Å². The number of nitrogens with zero attached hydrogens (tertiary/aromatic N) is 3. The molecule has 29 heavy (non-hydrogen) atoms. The number of rotatable bonds is 5. The summed E-state index contributed by atoms with van der Waals surface area (Å²) >= 11 is 0. The number of hydrogen-bond acceptors (Lipinski definition) is 2. The van der Waals surface area contributed by atoms with E-state index in [1.807, 2.05) is 83.5 Å². The molecule has 0 bridgehead atoms. The number of aromatic nitrogens is 2. The van der Waals surface area contributed by atoms with Crippen LogP contribution in [0.3, 0.4) is 0 Å². The normalized spacial score (nSPS) is 11.0. The van der Waals surface area contributed by atoms with Gasteiger partial charge in [0.2, 0.25) is 0 Å². The minimum atomic E-state index is 0.428. The van der Waals surface area contributed by atoms with Gasteiger partial charge in [0.25, 0.3) is 0 Å². The van der Waals surface area contributed by atoms with Crippen molar-refractivity contribution >= 4 is 11.5 Å². The van der Waals surface area contributed by atoms with E-state index in [-0.39, 0.29) is 0 Å². The van der Waals surface area contributed by atoms with Gasteiger partial charge in [-0.15, -0.1) is 4.91 Å². The van der Waals surface area contributed by atoms with Crippen molar-refractivity contribution < 1.29 is 0 Å². The lowest BCUT2D eigenvalue weighted by molar-refractivity contribution is 0.832. The summed E-state index contributed by atoms with van der Waals surface area (Å²) in [5.41, 5.74) is 6.10. The smallest absolute Gasteiger partial charge is 0.191 e. The standard InChI is InChI=1S/C25H19N3O/c29-26-24-22(20-12-6-2-7-13-20)23(21-14-8-3-9-15-21)25-27(16-17-28(24)25)18-19-10-4-1-5-11-19/h1-17H,18H2. The Morgan fingerprint density at radius 1 is 0.655 bits per heavy atom. The van der Waals surface area contributed by atoms with Gasteiger partial charge in [-0.2, -0.15) is 0 Å². The first-order chi connectivity index (χ1) is 14.4. The summed E-state index contributed by atoms with van der Waals surface area (Å²) < 4.78 is 4.08. The lowest BCUT2D eigenvalue weighted by Gasteiger charge is -2.09. The number of hydrogen-bond donors (Lipinski definition) is 0. The number of benzene rings is 3. The van der Waals surface area contributed by atoms with Crippen LogP contribution < -0.4 is 0 Å². The molecule has 4 nitrogen and oxygen atoms in total. The summed E-state index contributed by atoms with van der Waals surface area (Å²) in [6.07, 6.45) is 3.94. The Hall–Kier alpha value is -3.92. The first-order valence-electron chi connectivity index (χ1n) is 9.58. The van der Waals surface area contributed by atoms with Gasteiger partial charge in [0, 0.05) is 30.1 Å². The summed E-state index contributed by atoms with van der Waals surface area (Å²) in [6, 6.07) is 30.5. The van der Waals surface area contributed by atoms with Gasteiger partial charge >= 0.3 is 0 Å². The third-order valence-electron chi connectivity index (χ3n) is 5.23. The average Bonchev–Trinajstić information content (AvgIpc) is 3.33. The van der Waals surface area contributed by atoms with Crippen molar-refractivity contribution in [1.29, 1.82) is 0 Å². The molecule has 0 saturated heterocycles. The van der Waals surface area contributed by atoms with Crippen LogP contribution in [0, 0.1) is 4.91 Å². The third kappa shape index (κ3) is 2.95. The third-order valence-corrected chi connectivity index (χ3v) is 5.23. The number of fused-ring (bicyclic) bond motifs is 1. The highest BCUT2D eigenvalue weighted by Gasteiger charge is 2.24. The van der Waals surface area contributed by atoms with Crippen molar-refractivity contribution in [3.8, 4) is 22.3 Å². The van der Waals surface area contributed by atoms with Gasteiger partial charge in [-0.1, -0.05) is 91.0 Å². The van der Waals surface area contributed by atoms with Crippen molar-refractivity contribution in [2.24, 2.45) is 5.18 Å². The van der Waals surface area contributed by atoms with E-state index in [4.69, 9.17) is 0 Å². The molecular formula is C25H19N3O. The fourth-order valence-electron chi connectivity index (χ4n) is 3.96. The Labute approximate surface area is 168 Å². The Morgan fingerprint density at radius 3 is 1.79 bits per heavy atom. The Balaban J connectivity index is 1.83. The summed E-state index contributed by atoms with van der Waals surface area (Å²) in [7, 11) is 0. The molecule has 0 N–H and O–H groups in total. The predicted octanol–water partition coefficient (Wildman–Crippen LogP) is 6.52. The molecule has 0 aliphatic rings. The molecule has 0 aliphatic carbocycles. The molecule has 0 aliphatic heterocycles. The summed E-state index contributed by atoms with van der Waals surface area (Å²) in [4.78, 5) is 11.9. The van der Waals surface area contributed by atoms with Crippen LogP contribution in [-0.2, 0) is 6.54 Å². The molecule has 2 aromatic heterocycles. The monoisotopic (exact) mass is 377 g/mol. The maximum Gasteiger partial charge on any atom is 0.191 e. The minimum Gasteiger partial charge on any atom is -0.328 e. The van der Waals surface area contributed by atoms with Gasteiger partial charge in [-0.25, -0.2) is 0 Å². The van der Waals surface area contributed by atoms with E-state index in [9.17, 15) is 4.91 Å². The lowest BCUT2D eigenvalue weighted by Crippen LogP contribution is -1.99. The van der Waals surface area contributed by atoms with E-state index in [0.717, 1.165) is 27.9 Å². The zero-order valence-electron chi connectivity index (χ0n) is 15.8. The highest BCUT2D eigenvalue weighted by atomic mass is 16.3. The van der Waals surface area contributed by atoms with Crippen LogP contribution in [0.5, 0.6) is 0 Å². The van der Waals surface area contributed by atoms with E-state index in [0.29, 0.717) is 12.4 Å². The van der Waals surface area contributed by atoms with E-state index in [1.54, 1.807) is 0 Å². The van der Waals surface area contributed by atoms with Gasteiger partial charge in [0.1, 0.15) is 5.65 Å². The van der Waals surface area contributed by atoms with E-state index in [2.05, 4.69) is 34.0 Å². The summed E-state index contributed by atoms with van der Waals surface area (Å²) in [5.74, 6) is 0.428. The number of nitroso groups, excluding NO2 is 1. The largest absolute Gasteiger partial charge is 0.328 e. The Morgan fingerprint density at radius 2 is 1.21 bits per heavy atom. The van der Waals surface area contributed by atoms with Crippen LogP contribution in [0.1, 0.15) is 5.56 Å². The molecule has 5 aromatic rings. The highest BCUT2D eigenvalue weighted by Crippen LogP contribution is 2.44. The fraction of sp³-hybridized carbons (Fsp3) is 0.0400. The predicted molar refractivity (Wildman–Crippen MR) is 117 cm³/mol. The molecule has 2 heterocycles. The van der Waals surface area contributed by atoms with Crippen LogP contribution in [0.2, 0.25) is 0 Å². The van der Waals surface area contributed by atoms with E-state index < -0.39 is 0 Å². The van der Waals surface area contributed by atoms with Crippen LogP contribution in [-0.4, -0.2) is 8.97 Å². The fourth-order valence-corrected chi connectivity index (χ4v) is 3.96. The summed E-state index contributed by atoms with van der Waals surface area (Å²) in [6.45, 7) is 0.716. The van der Waals surface area contributed by atoms with Gasteiger partial charge in [-0.05, 0) is 21.9 Å². The van der Waals surface area contributed by atoms with Gasteiger partial charge in [0.15, 0.2) is 5.82 Å². The Bertz CT molecular complexity index is 1270. The second-order valence-electron chi connectivity index (χ2n) is 7.00. The van der Waals surface area contributed by atoms with Crippen LogP contribution in [0.15, 0.2) is 109 Å².